The fourth-order valence-electron chi connectivity index (χ4n) is 3.97. The van der Waals surface area contributed by atoms with Crippen LogP contribution < -0.4 is 4.74 Å². The van der Waals surface area contributed by atoms with Crippen molar-refractivity contribution in [3.63, 3.8) is 0 Å². The number of rotatable bonds is 7. The molecule has 0 aliphatic carbocycles. The number of amides is 1. The monoisotopic (exact) mass is 436 g/mol. The van der Waals surface area contributed by atoms with Gasteiger partial charge in [0.2, 0.25) is 5.91 Å². The molecule has 0 radical (unpaired) electrons. The normalized spacial score (nSPS) is 17.4. The fraction of sp³-hybridized carbons (Fsp3) is 0.444. The Bertz CT molecular complexity index is 952. The average molecular weight is 437 g/mol. The van der Waals surface area contributed by atoms with Crippen molar-refractivity contribution in [2.75, 3.05) is 33.3 Å². The SMILES string of the molecule is CC=C(C)OC1=C(C)CCN(C(=O)CN2CC=C(c3ccc(OC)cc3)C=C2C(C)C)C1. The number of methoxy groups -OCH3 is 1. The molecule has 3 rings (SSSR count). The van der Waals surface area contributed by atoms with E-state index in [0.717, 1.165) is 42.3 Å². The first-order chi connectivity index (χ1) is 15.3. The van der Waals surface area contributed by atoms with Gasteiger partial charge in [-0.3, -0.25) is 4.79 Å². The van der Waals surface area contributed by atoms with Crippen LogP contribution >= 0.6 is 0 Å². The zero-order valence-electron chi connectivity index (χ0n) is 20.3. The third-order valence-corrected chi connectivity index (χ3v) is 6.15. The molecule has 0 unspecified atom stereocenters. The molecule has 172 valence electrons. The highest BCUT2D eigenvalue weighted by Crippen LogP contribution is 2.29. The van der Waals surface area contributed by atoms with Crippen LogP contribution in [0.2, 0.25) is 0 Å². The highest BCUT2D eigenvalue weighted by Gasteiger charge is 2.26. The van der Waals surface area contributed by atoms with E-state index in [9.17, 15) is 4.79 Å². The molecule has 1 amide bonds. The van der Waals surface area contributed by atoms with Crippen LogP contribution in [0.4, 0.5) is 0 Å². The molecule has 5 heteroatoms. The summed E-state index contributed by atoms with van der Waals surface area (Å²) in [5.74, 6) is 3.09. The quantitative estimate of drug-likeness (QED) is 0.538. The second-order valence-electron chi connectivity index (χ2n) is 8.76. The minimum absolute atomic E-state index is 0.143. The second-order valence-corrected chi connectivity index (χ2v) is 8.76. The van der Waals surface area contributed by atoms with Gasteiger partial charge in [0, 0.05) is 18.8 Å². The molecule has 0 saturated carbocycles. The van der Waals surface area contributed by atoms with Crippen molar-refractivity contribution in [2.24, 2.45) is 5.92 Å². The van der Waals surface area contributed by atoms with Crippen LogP contribution in [0.25, 0.3) is 5.57 Å². The molecular weight excluding hydrogens is 400 g/mol. The minimum atomic E-state index is 0.143. The summed E-state index contributed by atoms with van der Waals surface area (Å²) in [4.78, 5) is 17.3. The van der Waals surface area contributed by atoms with E-state index in [1.54, 1.807) is 7.11 Å². The van der Waals surface area contributed by atoms with Crippen molar-refractivity contribution < 1.29 is 14.3 Å². The zero-order chi connectivity index (χ0) is 23.3. The molecule has 2 aliphatic heterocycles. The Labute approximate surface area is 192 Å². The second kappa shape index (κ2) is 10.6. The first-order valence-electron chi connectivity index (χ1n) is 11.4. The maximum absolute atomic E-state index is 13.2. The number of hydrogen-bond donors (Lipinski definition) is 0. The van der Waals surface area contributed by atoms with Crippen molar-refractivity contribution in [1.29, 1.82) is 0 Å². The number of carbonyl (C=O) groups is 1. The van der Waals surface area contributed by atoms with Gasteiger partial charge in [-0.2, -0.15) is 0 Å². The molecule has 2 aliphatic rings. The largest absolute Gasteiger partial charge is 0.497 e. The molecule has 0 spiro atoms. The van der Waals surface area contributed by atoms with Crippen LogP contribution in [0, 0.1) is 5.92 Å². The van der Waals surface area contributed by atoms with Crippen LogP contribution in [-0.2, 0) is 9.53 Å². The Morgan fingerprint density at radius 2 is 1.94 bits per heavy atom. The lowest BCUT2D eigenvalue weighted by Gasteiger charge is -2.35. The van der Waals surface area contributed by atoms with Crippen molar-refractivity contribution in [3.8, 4) is 5.75 Å². The van der Waals surface area contributed by atoms with E-state index >= 15 is 0 Å². The number of ether oxygens (including phenoxy) is 2. The number of nitrogens with zero attached hydrogens (tertiary/aromatic N) is 2. The van der Waals surface area contributed by atoms with Crippen LogP contribution in [-0.4, -0.2) is 49.0 Å². The molecule has 1 aromatic carbocycles. The van der Waals surface area contributed by atoms with E-state index in [2.05, 4.69) is 50.0 Å². The van der Waals surface area contributed by atoms with Gasteiger partial charge >= 0.3 is 0 Å². The van der Waals surface area contributed by atoms with Gasteiger partial charge in [0.1, 0.15) is 11.5 Å². The maximum atomic E-state index is 13.2. The number of allylic oxidation sites excluding steroid dienone is 5. The lowest BCUT2D eigenvalue weighted by Crippen LogP contribution is -2.44. The lowest BCUT2D eigenvalue weighted by atomic mass is 9.97. The summed E-state index contributed by atoms with van der Waals surface area (Å²) in [6, 6.07) is 8.12. The Morgan fingerprint density at radius 3 is 2.56 bits per heavy atom. The molecule has 2 heterocycles. The van der Waals surface area contributed by atoms with Crippen LogP contribution in [0.15, 0.2) is 65.3 Å². The van der Waals surface area contributed by atoms with Crippen LogP contribution in [0.5, 0.6) is 5.75 Å². The van der Waals surface area contributed by atoms with Crippen LogP contribution in [0.1, 0.15) is 46.6 Å². The summed E-state index contributed by atoms with van der Waals surface area (Å²) in [5.41, 5.74) is 4.77. The predicted molar refractivity (Wildman–Crippen MR) is 130 cm³/mol. The highest BCUT2D eigenvalue weighted by molar-refractivity contribution is 5.80. The van der Waals surface area contributed by atoms with Crippen molar-refractivity contribution in [1.82, 2.24) is 9.80 Å². The van der Waals surface area contributed by atoms with Crippen molar-refractivity contribution in [2.45, 2.75) is 41.0 Å². The molecular formula is C27H36N2O3. The van der Waals surface area contributed by atoms with Gasteiger partial charge in [-0.05, 0) is 74.1 Å². The predicted octanol–water partition coefficient (Wildman–Crippen LogP) is 5.38. The summed E-state index contributed by atoms with van der Waals surface area (Å²) in [7, 11) is 1.68. The first-order valence-corrected chi connectivity index (χ1v) is 11.4. The van der Waals surface area contributed by atoms with E-state index in [-0.39, 0.29) is 5.91 Å². The summed E-state index contributed by atoms with van der Waals surface area (Å²) >= 11 is 0. The Balaban J connectivity index is 1.70. The standard InChI is InChI=1S/C27H36N2O3/c1-7-21(5)32-26-17-29(14-12-20(26)4)27(30)18-28-15-13-23(16-25(28)19(2)3)22-8-10-24(31-6)11-9-22/h7-11,13,16,19H,12,14-15,17-18H2,1-6H3. The molecule has 0 atom stereocenters. The van der Waals surface area contributed by atoms with Crippen molar-refractivity contribution in [3.05, 3.63) is 70.8 Å². The summed E-state index contributed by atoms with van der Waals surface area (Å²) < 4.78 is 11.2. The van der Waals surface area contributed by atoms with Crippen molar-refractivity contribution >= 4 is 11.5 Å². The first kappa shape index (κ1) is 23.7. The zero-order valence-corrected chi connectivity index (χ0v) is 20.3. The topological polar surface area (TPSA) is 42.0 Å². The Kier molecular flexibility index (Phi) is 7.84. The van der Waals surface area contributed by atoms with E-state index in [1.807, 2.05) is 37.0 Å². The highest BCUT2D eigenvalue weighted by atomic mass is 16.5. The third-order valence-electron chi connectivity index (χ3n) is 6.15. The molecule has 0 bridgehead atoms. The average Bonchev–Trinajstić information content (AvgIpc) is 2.80. The Hall–Kier alpha value is -2.95. The summed E-state index contributed by atoms with van der Waals surface area (Å²) in [5, 5.41) is 0. The number of hydrogen-bond acceptors (Lipinski definition) is 4. The van der Waals surface area contributed by atoms with Gasteiger partial charge in [0.15, 0.2) is 0 Å². The number of carbonyl (C=O) groups excluding carboxylic acids is 1. The molecule has 5 nitrogen and oxygen atoms in total. The Morgan fingerprint density at radius 1 is 1.22 bits per heavy atom. The smallest absolute Gasteiger partial charge is 0.242 e. The molecule has 32 heavy (non-hydrogen) atoms. The summed E-state index contributed by atoms with van der Waals surface area (Å²) in [6.45, 7) is 12.7. The number of benzene rings is 1. The van der Waals surface area contributed by atoms with Gasteiger partial charge in [0.05, 0.1) is 26.0 Å². The van der Waals surface area contributed by atoms with Gasteiger partial charge in [-0.25, -0.2) is 0 Å². The molecule has 0 N–H and O–H groups in total. The summed E-state index contributed by atoms with van der Waals surface area (Å²) in [6.07, 6.45) is 7.21. The fourth-order valence-corrected chi connectivity index (χ4v) is 3.97. The molecule has 0 aromatic heterocycles. The van der Waals surface area contributed by atoms with E-state index in [1.165, 1.54) is 16.8 Å². The van der Waals surface area contributed by atoms with Gasteiger partial charge in [0.25, 0.3) is 0 Å². The molecule has 0 saturated heterocycles. The third kappa shape index (κ3) is 5.64. The van der Waals surface area contributed by atoms with E-state index < -0.39 is 0 Å². The van der Waals surface area contributed by atoms with Crippen LogP contribution in [0.3, 0.4) is 0 Å². The minimum Gasteiger partial charge on any atom is -0.497 e. The van der Waals surface area contributed by atoms with Gasteiger partial charge < -0.3 is 19.3 Å². The van der Waals surface area contributed by atoms with E-state index in [4.69, 9.17) is 9.47 Å². The molecule has 0 fully saturated rings. The lowest BCUT2D eigenvalue weighted by molar-refractivity contribution is -0.132. The van der Waals surface area contributed by atoms with Gasteiger partial charge in [-0.15, -0.1) is 0 Å². The van der Waals surface area contributed by atoms with E-state index in [0.29, 0.717) is 19.0 Å². The maximum Gasteiger partial charge on any atom is 0.242 e. The molecule has 1 aromatic rings. The van der Waals surface area contributed by atoms with Gasteiger partial charge in [-0.1, -0.05) is 32.1 Å².